The average molecular weight is 388 g/mol. The van der Waals surface area contributed by atoms with Gasteiger partial charge >= 0.3 is 0 Å². The Bertz CT molecular complexity index is 1110. The summed E-state index contributed by atoms with van der Waals surface area (Å²) in [6, 6.07) is 9.13. The van der Waals surface area contributed by atoms with Crippen LogP contribution in [0, 0.1) is 11.2 Å². The zero-order valence-electron chi connectivity index (χ0n) is 13.1. The van der Waals surface area contributed by atoms with Gasteiger partial charge in [0.1, 0.15) is 5.82 Å². The molecule has 130 valence electrons. The molecule has 0 spiro atoms. The number of hydrogen-bond acceptors (Lipinski definition) is 5. The van der Waals surface area contributed by atoms with E-state index in [1.165, 1.54) is 29.7 Å². The number of anilines is 1. The molecule has 1 aromatic carbocycles. The third-order valence-corrected chi connectivity index (χ3v) is 4.93. The highest BCUT2D eigenvalue weighted by Crippen LogP contribution is 2.27. The molecular weight excluding hydrogens is 377 g/mol. The molecule has 9 heteroatoms. The second kappa shape index (κ2) is 6.49. The van der Waals surface area contributed by atoms with Crippen LogP contribution in [0.5, 0.6) is 0 Å². The summed E-state index contributed by atoms with van der Waals surface area (Å²) in [5.74, 6) is -0.186. The molecular formula is C17H11ClFN5OS. The minimum Gasteiger partial charge on any atom is -0.335 e. The molecule has 0 amide bonds. The van der Waals surface area contributed by atoms with Crippen molar-refractivity contribution in [3.05, 3.63) is 64.4 Å². The molecule has 3 aromatic heterocycles. The second-order valence-electron chi connectivity index (χ2n) is 5.38. The number of hydroxylamine groups is 1. The summed E-state index contributed by atoms with van der Waals surface area (Å²) in [6.07, 6.45) is 1.51. The molecule has 0 fully saturated rings. The Labute approximate surface area is 156 Å². The first-order valence-electron chi connectivity index (χ1n) is 7.46. The molecule has 0 aliphatic carbocycles. The Morgan fingerprint density at radius 3 is 2.88 bits per heavy atom. The highest BCUT2D eigenvalue weighted by atomic mass is 35.5. The maximum atomic E-state index is 13.3. The van der Waals surface area contributed by atoms with Crippen LogP contribution in [0.1, 0.15) is 5.56 Å². The van der Waals surface area contributed by atoms with Crippen molar-refractivity contribution in [1.82, 2.24) is 15.0 Å². The van der Waals surface area contributed by atoms with Crippen molar-refractivity contribution >= 4 is 45.6 Å². The number of pyridine rings is 1. The lowest BCUT2D eigenvalue weighted by Gasteiger charge is -2.18. The monoisotopic (exact) mass is 387 g/mol. The molecule has 4 aromatic rings. The molecule has 3 N–H and O–H groups in total. The number of rotatable bonds is 3. The zero-order chi connectivity index (χ0) is 18.3. The first-order valence-corrected chi connectivity index (χ1v) is 8.72. The van der Waals surface area contributed by atoms with E-state index in [2.05, 4.69) is 15.0 Å². The first-order chi connectivity index (χ1) is 12.5. The van der Waals surface area contributed by atoms with Crippen LogP contribution in [-0.2, 0) is 0 Å². The van der Waals surface area contributed by atoms with E-state index in [1.54, 1.807) is 6.07 Å². The molecule has 0 aliphatic rings. The van der Waals surface area contributed by atoms with Crippen molar-refractivity contribution in [2.45, 2.75) is 0 Å². The number of nitrogens with zero attached hydrogens (tertiary/aromatic N) is 3. The summed E-state index contributed by atoms with van der Waals surface area (Å²) in [7, 11) is 0. The fourth-order valence-electron chi connectivity index (χ4n) is 2.50. The SMILES string of the molecule is N=C(c1ccnc2nc(-c3cccs3)[nH]c12)N(O)c1ccc(F)c(Cl)c1. The molecule has 6 nitrogen and oxygen atoms in total. The molecule has 3 heterocycles. The maximum absolute atomic E-state index is 13.3. The van der Waals surface area contributed by atoms with E-state index < -0.39 is 5.82 Å². The minimum absolute atomic E-state index is 0.143. The van der Waals surface area contributed by atoms with Crippen molar-refractivity contribution in [2.24, 2.45) is 0 Å². The van der Waals surface area contributed by atoms with Crippen molar-refractivity contribution in [3.63, 3.8) is 0 Å². The number of imidazole rings is 1. The summed E-state index contributed by atoms with van der Waals surface area (Å²) >= 11 is 7.28. The predicted molar refractivity (Wildman–Crippen MR) is 99.7 cm³/mol. The summed E-state index contributed by atoms with van der Waals surface area (Å²) in [6.45, 7) is 0. The van der Waals surface area contributed by atoms with Crippen molar-refractivity contribution in [1.29, 1.82) is 5.41 Å². The number of H-pyrrole nitrogens is 1. The van der Waals surface area contributed by atoms with Gasteiger partial charge in [0.05, 0.1) is 21.1 Å². The van der Waals surface area contributed by atoms with Gasteiger partial charge in [-0.15, -0.1) is 11.3 Å². The molecule has 0 saturated heterocycles. The Balaban J connectivity index is 1.75. The number of hydrogen-bond donors (Lipinski definition) is 3. The van der Waals surface area contributed by atoms with Crippen LogP contribution in [0.25, 0.3) is 21.9 Å². The summed E-state index contributed by atoms with van der Waals surface area (Å²) in [5.41, 5.74) is 1.52. The lowest BCUT2D eigenvalue weighted by Crippen LogP contribution is -2.27. The van der Waals surface area contributed by atoms with Gasteiger partial charge in [-0.05, 0) is 35.7 Å². The quantitative estimate of drug-likeness (QED) is 0.270. The minimum atomic E-state index is -0.601. The molecule has 0 saturated carbocycles. The van der Waals surface area contributed by atoms with Gasteiger partial charge in [-0.3, -0.25) is 10.6 Å². The number of aromatic amines is 1. The van der Waals surface area contributed by atoms with E-state index in [4.69, 9.17) is 17.0 Å². The standard InChI is InChI=1S/C17H11ClFN5OS/c18-11-8-9(3-4-12(11)19)24(25)15(20)10-5-6-21-17-14(10)22-16(23-17)13-2-1-7-26-13/h1-8,20,25H,(H,21,22,23). The second-order valence-corrected chi connectivity index (χ2v) is 6.73. The van der Waals surface area contributed by atoms with E-state index in [1.807, 2.05) is 17.5 Å². The van der Waals surface area contributed by atoms with Crippen LogP contribution in [0.15, 0.2) is 48.0 Å². The maximum Gasteiger partial charge on any atom is 0.178 e. The van der Waals surface area contributed by atoms with Gasteiger partial charge < -0.3 is 4.98 Å². The van der Waals surface area contributed by atoms with Crippen molar-refractivity contribution in [2.75, 3.05) is 5.06 Å². The number of halogens is 2. The van der Waals surface area contributed by atoms with Gasteiger partial charge in [0.15, 0.2) is 17.3 Å². The van der Waals surface area contributed by atoms with Crippen LogP contribution in [0.2, 0.25) is 5.02 Å². The fourth-order valence-corrected chi connectivity index (χ4v) is 3.34. The van der Waals surface area contributed by atoms with Gasteiger partial charge in [0.2, 0.25) is 0 Å². The van der Waals surface area contributed by atoms with Gasteiger partial charge in [0, 0.05) is 11.8 Å². The molecule has 0 unspecified atom stereocenters. The lowest BCUT2D eigenvalue weighted by molar-refractivity contribution is 0.312. The number of nitrogens with one attached hydrogen (secondary N) is 2. The summed E-state index contributed by atoms with van der Waals surface area (Å²) in [4.78, 5) is 12.7. The molecule has 0 atom stereocenters. The number of amidine groups is 1. The zero-order valence-corrected chi connectivity index (χ0v) is 14.6. The number of fused-ring (bicyclic) bond motifs is 1. The van der Waals surface area contributed by atoms with Crippen LogP contribution in [-0.4, -0.2) is 26.0 Å². The van der Waals surface area contributed by atoms with Gasteiger partial charge in [-0.2, -0.15) is 0 Å². The predicted octanol–water partition coefficient (Wildman–Crippen LogP) is 4.70. The van der Waals surface area contributed by atoms with Crippen molar-refractivity contribution < 1.29 is 9.60 Å². The van der Waals surface area contributed by atoms with E-state index in [0.717, 1.165) is 10.9 Å². The van der Waals surface area contributed by atoms with E-state index in [0.29, 0.717) is 27.6 Å². The van der Waals surface area contributed by atoms with Gasteiger partial charge in [-0.25, -0.2) is 19.4 Å². The molecule has 0 aliphatic heterocycles. The smallest absolute Gasteiger partial charge is 0.178 e. The number of thiophene rings is 1. The van der Waals surface area contributed by atoms with Crippen LogP contribution in [0.4, 0.5) is 10.1 Å². The van der Waals surface area contributed by atoms with E-state index in [9.17, 15) is 9.60 Å². The van der Waals surface area contributed by atoms with Crippen molar-refractivity contribution in [3.8, 4) is 10.7 Å². The third-order valence-electron chi connectivity index (χ3n) is 3.76. The summed E-state index contributed by atoms with van der Waals surface area (Å²) < 4.78 is 13.3. The molecule has 26 heavy (non-hydrogen) atoms. The molecule has 0 radical (unpaired) electrons. The van der Waals surface area contributed by atoms with Crippen LogP contribution >= 0.6 is 22.9 Å². The Morgan fingerprint density at radius 2 is 2.15 bits per heavy atom. The van der Waals surface area contributed by atoms with Crippen LogP contribution < -0.4 is 5.06 Å². The number of benzene rings is 1. The first kappa shape index (κ1) is 16.6. The van der Waals surface area contributed by atoms with Gasteiger partial charge in [0.25, 0.3) is 0 Å². The Morgan fingerprint density at radius 1 is 1.31 bits per heavy atom. The summed E-state index contributed by atoms with van der Waals surface area (Å²) in [5, 5.41) is 21.1. The Hall–Kier alpha value is -2.81. The van der Waals surface area contributed by atoms with Crippen LogP contribution in [0.3, 0.4) is 0 Å². The highest BCUT2D eigenvalue weighted by molar-refractivity contribution is 7.13. The van der Waals surface area contributed by atoms with E-state index in [-0.39, 0.29) is 16.5 Å². The Kier molecular flexibility index (Phi) is 4.15. The average Bonchev–Trinajstić information content (AvgIpc) is 3.31. The molecule has 4 rings (SSSR count). The van der Waals surface area contributed by atoms with Gasteiger partial charge in [-0.1, -0.05) is 17.7 Å². The number of aromatic nitrogens is 3. The lowest BCUT2D eigenvalue weighted by atomic mass is 10.2. The largest absolute Gasteiger partial charge is 0.335 e. The molecule has 0 bridgehead atoms. The van der Waals surface area contributed by atoms with E-state index >= 15 is 0 Å². The third kappa shape index (κ3) is 2.84. The normalized spacial score (nSPS) is 11.0. The topological polar surface area (TPSA) is 88.9 Å². The fraction of sp³-hybridized carbons (Fsp3) is 0. The highest BCUT2D eigenvalue weighted by Gasteiger charge is 2.19.